The van der Waals surface area contributed by atoms with Crippen molar-refractivity contribution < 1.29 is 9.18 Å². The highest BCUT2D eigenvalue weighted by atomic mass is 35.5. The second-order valence-corrected chi connectivity index (χ2v) is 8.50. The Balaban J connectivity index is 1.43. The molecule has 33 heavy (non-hydrogen) atoms. The molecule has 8 heteroatoms. The predicted octanol–water partition coefficient (Wildman–Crippen LogP) is 4.63. The number of nitrogens with zero attached hydrogens (tertiary/aromatic N) is 5. The fourth-order valence-corrected chi connectivity index (χ4v) is 4.35. The van der Waals surface area contributed by atoms with Gasteiger partial charge in [-0.1, -0.05) is 17.7 Å². The number of carbonyl (C=O) groups excluding carboxylic acids is 1. The van der Waals surface area contributed by atoms with Crippen molar-refractivity contribution in [3.8, 4) is 17.1 Å². The van der Waals surface area contributed by atoms with Gasteiger partial charge in [0.1, 0.15) is 17.2 Å². The summed E-state index contributed by atoms with van der Waals surface area (Å²) in [5, 5.41) is 5.40. The van der Waals surface area contributed by atoms with Gasteiger partial charge in [0.2, 0.25) is 0 Å². The van der Waals surface area contributed by atoms with Crippen molar-refractivity contribution in [2.45, 2.75) is 0 Å². The first-order chi connectivity index (χ1) is 16.0. The third-order valence-electron chi connectivity index (χ3n) is 5.95. The molecule has 1 saturated heterocycles. The smallest absolute Gasteiger partial charge is 0.272 e. The van der Waals surface area contributed by atoms with Crippen LogP contribution < -0.4 is 4.90 Å². The first-order valence-electron chi connectivity index (χ1n) is 10.8. The van der Waals surface area contributed by atoms with Crippen LogP contribution in [0.4, 0.5) is 10.1 Å². The minimum Gasteiger partial charge on any atom is -0.368 e. The standard InChI is InChI=1S/C25H23ClFN5O/c1-29-11-3-6-23(29)22-17-24(32(28-22)20-9-7-19(27)8-10-20)25(33)31-14-12-30(13-15-31)21-5-2-4-18(26)16-21/h2-11,16-17H,12-15H2,1H3. The first kappa shape index (κ1) is 21.3. The number of anilines is 1. The van der Waals surface area contributed by atoms with Crippen molar-refractivity contribution >= 4 is 23.2 Å². The molecule has 1 fully saturated rings. The molecule has 1 aliphatic rings. The number of hydrogen-bond donors (Lipinski definition) is 0. The molecule has 6 nitrogen and oxygen atoms in total. The summed E-state index contributed by atoms with van der Waals surface area (Å²) in [6.07, 6.45) is 1.93. The molecule has 0 bridgehead atoms. The molecular formula is C25H23ClFN5O. The van der Waals surface area contributed by atoms with E-state index in [1.165, 1.54) is 12.1 Å². The largest absolute Gasteiger partial charge is 0.368 e. The lowest BCUT2D eigenvalue weighted by molar-refractivity contribution is 0.0737. The molecule has 3 heterocycles. The van der Waals surface area contributed by atoms with Gasteiger partial charge in [0.15, 0.2) is 0 Å². The van der Waals surface area contributed by atoms with Crippen LogP contribution in [0.15, 0.2) is 72.9 Å². The van der Waals surface area contributed by atoms with Gasteiger partial charge in [0.05, 0.1) is 11.4 Å². The lowest BCUT2D eigenvalue weighted by Crippen LogP contribution is -2.49. The van der Waals surface area contributed by atoms with Crippen molar-refractivity contribution in [1.82, 2.24) is 19.2 Å². The molecule has 1 amide bonds. The Morgan fingerprint density at radius 3 is 2.36 bits per heavy atom. The number of carbonyl (C=O) groups is 1. The fourth-order valence-electron chi connectivity index (χ4n) is 4.17. The predicted molar refractivity (Wildman–Crippen MR) is 127 cm³/mol. The van der Waals surface area contributed by atoms with Gasteiger partial charge in [0.25, 0.3) is 5.91 Å². The van der Waals surface area contributed by atoms with E-state index in [4.69, 9.17) is 16.7 Å². The Labute approximate surface area is 196 Å². The highest BCUT2D eigenvalue weighted by Crippen LogP contribution is 2.25. The molecule has 0 radical (unpaired) electrons. The number of halogens is 2. The van der Waals surface area contributed by atoms with Crippen molar-refractivity contribution in [2.75, 3.05) is 31.1 Å². The van der Waals surface area contributed by atoms with Crippen LogP contribution in [0.3, 0.4) is 0 Å². The quantitative estimate of drug-likeness (QED) is 0.443. The van der Waals surface area contributed by atoms with Gasteiger partial charge in [-0.05, 0) is 60.7 Å². The minimum absolute atomic E-state index is 0.0990. The maximum absolute atomic E-state index is 13.6. The van der Waals surface area contributed by atoms with E-state index >= 15 is 0 Å². The van der Waals surface area contributed by atoms with Gasteiger partial charge in [-0.25, -0.2) is 9.07 Å². The molecule has 168 valence electrons. The number of piperazine rings is 1. The Hall–Kier alpha value is -3.58. The first-order valence-corrected chi connectivity index (χ1v) is 11.1. The third kappa shape index (κ3) is 4.24. The number of benzene rings is 2. The molecule has 0 N–H and O–H groups in total. The summed E-state index contributed by atoms with van der Waals surface area (Å²) in [6, 6.07) is 19.5. The topological polar surface area (TPSA) is 46.3 Å². The van der Waals surface area contributed by atoms with E-state index < -0.39 is 0 Å². The molecule has 2 aromatic carbocycles. The average molecular weight is 464 g/mol. The van der Waals surface area contributed by atoms with Crippen molar-refractivity contribution in [3.05, 3.63) is 89.5 Å². The summed E-state index contributed by atoms with van der Waals surface area (Å²) < 4.78 is 17.1. The SMILES string of the molecule is Cn1cccc1-c1cc(C(=O)N2CCN(c3cccc(Cl)c3)CC2)n(-c2ccc(F)cc2)n1. The minimum atomic E-state index is -0.335. The normalized spacial score (nSPS) is 14.0. The van der Waals surface area contributed by atoms with Crippen molar-refractivity contribution in [1.29, 1.82) is 0 Å². The highest BCUT2D eigenvalue weighted by molar-refractivity contribution is 6.30. The van der Waals surface area contributed by atoms with Crippen LogP contribution in [-0.2, 0) is 7.05 Å². The number of aryl methyl sites for hydroxylation is 1. The average Bonchev–Trinajstić information content (AvgIpc) is 3.45. The molecule has 0 aliphatic carbocycles. The number of rotatable bonds is 4. The zero-order chi connectivity index (χ0) is 22.9. The summed E-state index contributed by atoms with van der Waals surface area (Å²) in [5.41, 5.74) is 3.73. The maximum Gasteiger partial charge on any atom is 0.272 e. The van der Waals surface area contributed by atoms with Crippen LogP contribution in [0.25, 0.3) is 17.1 Å². The molecular weight excluding hydrogens is 441 g/mol. The second kappa shape index (κ2) is 8.75. The molecule has 5 rings (SSSR count). The number of aromatic nitrogens is 3. The lowest BCUT2D eigenvalue weighted by Gasteiger charge is -2.36. The van der Waals surface area contributed by atoms with Gasteiger partial charge in [-0.2, -0.15) is 5.10 Å². The highest BCUT2D eigenvalue weighted by Gasteiger charge is 2.27. The molecule has 0 spiro atoms. The van der Waals surface area contributed by atoms with Crippen LogP contribution in [0.5, 0.6) is 0 Å². The van der Waals surface area contributed by atoms with Crippen LogP contribution in [0, 0.1) is 5.82 Å². The molecule has 2 aromatic heterocycles. The zero-order valence-electron chi connectivity index (χ0n) is 18.2. The van der Waals surface area contributed by atoms with Gasteiger partial charge in [-0.15, -0.1) is 0 Å². The Kier molecular flexibility index (Phi) is 5.64. The van der Waals surface area contributed by atoms with Crippen LogP contribution in [-0.4, -0.2) is 51.3 Å². The fraction of sp³-hybridized carbons (Fsp3) is 0.200. The molecule has 4 aromatic rings. The van der Waals surface area contributed by atoms with E-state index in [1.54, 1.807) is 16.8 Å². The van der Waals surface area contributed by atoms with Gasteiger partial charge >= 0.3 is 0 Å². The Bertz CT molecular complexity index is 1290. The van der Waals surface area contributed by atoms with Gasteiger partial charge < -0.3 is 14.4 Å². The molecule has 0 saturated carbocycles. The van der Waals surface area contributed by atoms with E-state index in [9.17, 15) is 9.18 Å². The lowest BCUT2D eigenvalue weighted by atomic mass is 10.2. The molecule has 0 atom stereocenters. The summed E-state index contributed by atoms with van der Waals surface area (Å²) in [5.74, 6) is -0.434. The van der Waals surface area contributed by atoms with Gasteiger partial charge in [0, 0.05) is 50.1 Å². The summed E-state index contributed by atoms with van der Waals surface area (Å²) in [4.78, 5) is 17.6. The van der Waals surface area contributed by atoms with E-state index in [-0.39, 0.29) is 11.7 Å². The number of amides is 1. The molecule has 0 unspecified atom stereocenters. The van der Waals surface area contributed by atoms with E-state index in [2.05, 4.69) is 4.90 Å². The van der Waals surface area contributed by atoms with E-state index in [1.807, 2.05) is 65.2 Å². The van der Waals surface area contributed by atoms with E-state index in [0.29, 0.717) is 48.3 Å². The summed E-state index contributed by atoms with van der Waals surface area (Å²) in [7, 11) is 1.93. The number of hydrogen-bond acceptors (Lipinski definition) is 3. The third-order valence-corrected chi connectivity index (χ3v) is 6.18. The van der Waals surface area contributed by atoms with Crippen LogP contribution in [0.2, 0.25) is 5.02 Å². The van der Waals surface area contributed by atoms with Crippen LogP contribution in [0.1, 0.15) is 10.5 Å². The van der Waals surface area contributed by atoms with Crippen LogP contribution >= 0.6 is 11.6 Å². The Morgan fingerprint density at radius 2 is 1.70 bits per heavy atom. The zero-order valence-corrected chi connectivity index (χ0v) is 18.9. The van der Waals surface area contributed by atoms with Gasteiger partial charge in [-0.3, -0.25) is 4.79 Å². The molecule has 1 aliphatic heterocycles. The van der Waals surface area contributed by atoms with Crippen molar-refractivity contribution in [3.63, 3.8) is 0 Å². The van der Waals surface area contributed by atoms with Crippen molar-refractivity contribution in [2.24, 2.45) is 7.05 Å². The van der Waals surface area contributed by atoms with E-state index in [0.717, 1.165) is 11.4 Å². The summed E-state index contributed by atoms with van der Waals surface area (Å²) >= 11 is 6.14. The second-order valence-electron chi connectivity index (χ2n) is 8.07. The summed E-state index contributed by atoms with van der Waals surface area (Å²) in [6.45, 7) is 2.59. The maximum atomic E-state index is 13.6. The Morgan fingerprint density at radius 1 is 0.939 bits per heavy atom. The monoisotopic (exact) mass is 463 g/mol.